The lowest BCUT2D eigenvalue weighted by Gasteiger charge is -2.10. The van der Waals surface area contributed by atoms with E-state index in [1.165, 1.54) is 23.5 Å². The predicted octanol–water partition coefficient (Wildman–Crippen LogP) is 3.88. The average molecular weight is 396 g/mol. The smallest absolute Gasteiger partial charge is 0.245 e. The maximum absolute atomic E-state index is 13.0. The van der Waals surface area contributed by atoms with Crippen molar-refractivity contribution in [3.05, 3.63) is 54.0 Å². The molecular formula is C19H17FN6OS. The fourth-order valence-electron chi connectivity index (χ4n) is 2.63. The molecule has 0 aliphatic carbocycles. The summed E-state index contributed by atoms with van der Waals surface area (Å²) in [6, 6.07) is 9.98. The fraction of sp³-hybridized carbons (Fsp3) is 0.158. The second kappa shape index (κ2) is 7.73. The molecule has 142 valence electrons. The Morgan fingerprint density at radius 3 is 2.64 bits per heavy atom. The third-order valence-corrected chi connectivity index (χ3v) is 4.78. The fourth-order valence-corrected chi connectivity index (χ4v) is 3.29. The van der Waals surface area contributed by atoms with Gasteiger partial charge < -0.3 is 15.8 Å². The number of fused-ring (bicyclic) bond motifs is 1. The first-order valence-electron chi connectivity index (χ1n) is 8.64. The number of aromatic nitrogens is 4. The van der Waals surface area contributed by atoms with E-state index in [-0.39, 0.29) is 5.82 Å². The summed E-state index contributed by atoms with van der Waals surface area (Å²) < 4.78 is 18.7. The van der Waals surface area contributed by atoms with Crippen molar-refractivity contribution in [2.75, 3.05) is 17.7 Å². The number of anilines is 2. The normalized spacial score (nSPS) is 10.9. The highest BCUT2D eigenvalue weighted by Gasteiger charge is 2.13. The van der Waals surface area contributed by atoms with Gasteiger partial charge in [-0.2, -0.15) is 4.98 Å². The Labute approximate surface area is 164 Å². The van der Waals surface area contributed by atoms with Gasteiger partial charge in [-0.15, -0.1) is 0 Å². The van der Waals surface area contributed by atoms with Crippen LogP contribution >= 0.6 is 11.3 Å². The molecule has 0 atom stereocenters. The highest BCUT2D eigenvalue weighted by molar-refractivity contribution is 7.18. The molecule has 0 unspecified atom stereocenters. The van der Waals surface area contributed by atoms with E-state index in [2.05, 4.69) is 25.3 Å². The topological polar surface area (TPSA) is 98.8 Å². The summed E-state index contributed by atoms with van der Waals surface area (Å²) in [7, 11) is 0. The monoisotopic (exact) mass is 396 g/mol. The van der Waals surface area contributed by atoms with E-state index in [0.717, 1.165) is 16.1 Å². The molecule has 7 nitrogen and oxygen atoms in total. The van der Waals surface area contributed by atoms with Crippen molar-refractivity contribution in [3.63, 3.8) is 0 Å². The minimum atomic E-state index is -0.270. The number of nitrogens with one attached hydrogen (secondary N) is 1. The molecular weight excluding hydrogens is 379 g/mol. The van der Waals surface area contributed by atoms with Crippen molar-refractivity contribution in [3.8, 4) is 16.5 Å². The Morgan fingerprint density at radius 1 is 1.11 bits per heavy atom. The van der Waals surface area contributed by atoms with Gasteiger partial charge in [-0.05, 0) is 36.8 Å². The molecule has 3 heterocycles. The van der Waals surface area contributed by atoms with E-state index in [1.54, 1.807) is 18.3 Å². The Hall–Kier alpha value is -3.33. The summed E-state index contributed by atoms with van der Waals surface area (Å²) in [6.45, 7) is 2.79. The second-order valence-electron chi connectivity index (χ2n) is 5.89. The van der Waals surface area contributed by atoms with Crippen molar-refractivity contribution in [1.29, 1.82) is 0 Å². The summed E-state index contributed by atoms with van der Waals surface area (Å²) in [5.41, 5.74) is 8.59. The molecule has 9 heteroatoms. The van der Waals surface area contributed by atoms with Gasteiger partial charge in [-0.1, -0.05) is 23.5 Å². The summed E-state index contributed by atoms with van der Waals surface area (Å²) in [6.07, 6.45) is 1.69. The summed E-state index contributed by atoms with van der Waals surface area (Å²) >= 11 is 1.36. The molecule has 0 saturated carbocycles. The van der Waals surface area contributed by atoms with Crippen LogP contribution in [0.2, 0.25) is 0 Å². The van der Waals surface area contributed by atoms with Gasteiger partial charge in [0.1, 0.15) is 5.82 Å². The SMILES string of the molecule is CCOc1nc(NCc2ccc(F)cc2)nc2ccc(-c3cnc(N)s3)nc12. The van der Waals surface area contributed by atoms with Crippen molar-refractivity contribution >= 4 is 33.5 Å². The van der Waals surface area contributed by atoms with Gasteiger partial charge in [-0.3, -0.25) is 0 Å². The zero-order valence-electron chi connectivity index (χ0n) is 15.0. The number of benzene rings is 1. The molecule has 0 amide bonds. The number of ether oxygens (including phenoxy) is 1. The third-order valence-electron chi connectivity index (χ3n) is 3.93. The minimum Gasteiger partial charge on any atom is -0.476 e. The van der Waals surface area contributed by atoms with Gasteiger partial charge in [0.25, 0.3) is 0 Å². The molecule has 3 N–H and O–H groups in total. The Kier molecular flexibility index (Phi) is 4.98. The van der Waals surface area contributed by atoms with Crippen LogP contribution in [0, 0.1) is 5.82 Å². The van der Waals surface area contributed by atoms with Gasteiger partial charge in [0.2, 0.25) is 11.8 Å². The van der Waals surface area contributed by atoms with Gasteiger partial charge in [0.05, 0.1) is 22.7 Å². The third kappa shape index (κ3) is 3.84. The largest absolute Gasteiger partial charge is 0.476 e. The van der Waals surface area contributed by atoms with Crippen LogP contribution in [0.15, 0.2) is 42.6 Å². The molecule has 4 rings (SSSR count). The maximum Gasteiger partial charge on any atom is 0.245 e. The summed E-state index contributed by atoms with van der Waals surface area (Å²) in [4.78, 5) is 18.5. The molecule has 0 spiro atoms. The van der Waals surface area contributed by atoms with E-state index in [1.807, 2.05) is 19.1 Å². The molecule has 0 aliphatic rings. The lowest BCUT2D eigenvalue weighted by atomic mass is 10.2. The number of halogens is 1. The zero-order chi connectivity index (χ0) is 19.5. The van der Waals surface area contributed by atoms with E-state index < -0.39 is 0 Å². The van der Waals surface area contributed by atoms with Gasteiger partial charge in [0, 0.05) is 12.7 Å². The van der Waals surface area contributed by atoms with Crippen LogP contribution in [0.1, 0.15) is 12.5 Å². The van der Waals surface area contributed by atoms with E-state index in [9.17, 15) is 4.39 Å². The molecule has 0 fully saturated rings. The molecule has 0 bridgehead atoms. The number of nitrogen functional groups attached to an aromatic ring is 1. The Balaban J connectivity index is 1.66. The number of rotatable bonds is 6. The van der Waals surface area contributed by atoms with Gasteiger partial charge in [-0.25, -0.2) is 19.3 Å². The quantitative estimate of drug-likeness (QED) is 0.510. The lowest BCUT2D eigenvalue weighted by molar-refractivity contribution is 0.330. The number of hydrogen-bond acceptors (Lipinski definition) is 8. The maximum atomic E-state index is 13.0. The van der Waals surface area contributed by atoms with Crippen LogP contribution in [0.3, 0.4) is 0 Å². The number of pyridine rings is 1. The summed E-state index contributed by atoms with van der Waals surface area (Å²) in [5, 5.41) is 3.63. The van der Waals surface area contributed by atoms with E-state index in [0.29, 0.717) is 41.1 Å². The first kappa shape index (κ1) is 18.1. The van der Waals surface area contributed by atoms with Gasteiger partial charge in [0.15, 0.2) is 10.6 Å². The standard InChI is InChI=1S/C19H17FN6OS/c1-2-27-17-16-14(8-7-13(24-16)15-10-22-18(21)28-15)25-19(26-17)23-9-11-3-5-12(20)6-4-11/h3-8,10H,2,9H2,1H3,(H2,21,22)(H,23,25,26). The van der Waals surface area contributed by atoms with Crippen molar-refractivity contribution in [2.24, 2.45) is 0 Å². The van der Waals surface area contributed by atoms with Crippen LogP contribution in [-0.2, 0) is 6.54 Å². The van der Waals surface area contributed by atoms with Crippen LogP contribution in [0.25, 0.3) is 21.6 Å². The molecule has 4 aromatic rings. The minimum absolute atomic E-state index is 0.270. The highest BCUT2D eigenvalue weighted by Crippen LogP contribution is 2.30. The number of nitrogens with two attached hydrogens (primary N) is 1. The van der Waals surface area contributed by atoms with Crippen molar-refractivity contribution in [1.82, 2.24) is 19.9 Å². The molecule has 0 saturated heterocycles. The first-order chi connectivity index (χ1) is 13.6. The van der Waals surface area contributed by atoms with Crippen molar-refractivity contribution < 1.29 is 9.13 Å². The molecule has 1 aromatic carbocycles. The van der Waals surface area contributed by atoms with Crippen LogP contribution in [0.5, 0.6) is 5.88 Å². The Morgan fingerprint density at radius 2 is 1.93 bits per heavy atom. The second-order valence-corrected chi connectivity index (χ2v) is 6.95. The molecule has 0 radical (unpaired) electrons. The van der Waals surface area contributed by atoms with Crippen LogP contribution in [0.4, 0.5) is 15.5 Å². The number of thiazole rings is 1. The molecule has 3 aromatic heterocycles. The number of hydrogen-bond donors (Lipinski definition) is 2. The summed E-state index contributed by atoms with van der Waals surface area (Å²) in [5.74, 6) is 0.541. The molecule has 0 aliphatic heterocycles. The van der Waals surface area contributed by atoms with Crippen molar-refractivity contribution in [2.45, 2.75) is 13.5 Å². The average Bonchev–Trinajstić information content (AvgIpc) is 3.14. The molecule has 28 heavy (non-hydrogen) atoms. The highest BCUT2D eigenvalue weighted by atomic mass is 32.1. The van der Waals surface area contributed by atoms with Crippen LogP contribution in [-0.4, -0.2) is 26.5 Å². The van der Waals surface area contributed by atoms with Gasteiger partial charge >= 0.3 is 0 Å². The lowest BCUT2D eigenvalue weighted by Crippen LogP contribution is -2.06. The number of nitrogens with zero attached hydrogens (tertiary/aromatic N) is 4. The van der Waals surface area contributed by atoms with E-state index >= 15 is 0 Å². The van der Waals surface area contributed by atoms with Crippen LogP contribution < -0.4 is 15.8 Å². The Bertz CT molecular complexity index is 1120. The zero-order valence-corrected chi connectivity index (χ0v) is 15.8. The predicted molar refractivity (Wildman–Crippen MR) is 108 cm³/mol. The van der Waals surface area contributed by atoms with E-state index in [4.69, 9.17) is 10.5 Å². The first-order valence-corrected chi connectivity index (χ1v) is 9.45.